The predicted molar refractivity (Wildman–Crippen MR) is 72.3 cm³/mol. The van der Waals surface area contributed by atoms with Crippen molar-refractivity contribution in [1.29, 1.82) is 0 Å². The van der Waals surface area contributed by atoms with Gasteiger partial charge in [-0.2, -0.15) is 13.2 Å². The van der Waals surface area contributed by atoms with Crippen molar-refractivity contribution in [2.75, 3.05) is 5.32 Å². The fraction of sp³-hybridized carbons (Fsp3) is 0.231. The number of amides is 1. The van der Waals surface area contributed by atoms with Crippen LogP contribution < -0.4 is 10.1 Å². The van der Waals surface area contributed by atoms with Gasteiger partial charge in [-0.15, -0.1) is 11.3 Å². The second-order valence-corrected chi connectivity index (χ2v) is 5.01. The average molecular weight is 316 g/mol. The number of rotatable bonds is 4. The second kappa shape index (κ2) is 6.13. The molecule has 0 bridgehead atoms. The number of carbonyl (C=O) groups excluding carboxylic acids is 1. The van der Waals surface area contributed by atoms with E-state index in [4.69, 9.17) is 4.74 Å². The SMILES string of the molecule is C[C@H](Oc1cccc(C(F)(F)F)c1)C(=O)Nc1nccs1. The Morgan fingerprint density at radius 2 is 2.19 bits per heavy atom. The van der Waals surface area contributed by atoms with Crippen LogP contribution in [0.15, 0.2) is 35.8 Å². The molecular formula is C13H11F3N2O2S. The number of thiazole rings is 1. The number of hydrogen-bond acceptors (Lipinski definition) is 4. The molecule has 4 nitrogen and oxygen atoms in total. The van der Waals surface area contributed by atoms with Crippen molar-refractivity contribution in [2.45, 2.75) is 19.2 Å². The molecule has 2 aromatic rings. The lowest BCUT2D eigenvalue weighted by Gasteiger charge is -2.15. The van der Waals surface area contributed by atoms with E-state index in [1.165, 1.54) is 36.6 Å². The zero-order valence-corrected chi connectivity index (χ0v) is 11.7. The number of anilines is 1. The number of nitrogens with one attached hydrogen (secondary N) is 1. The third kappa shape index (κ3) is 4.19. The van der Waals surface area contributed by atoms with Crippen LogP contribution in [0.1, 0.15) is 12.5 Å². The van der Waals surface area contributed by atoms with Crippen LogP contribution in [0.4, 0.5) is 18.3 Å². The van der Waals surface area contributed by atoms with Crippen molar-refractivity contribution in [3.8, 4) is 5.75 Å². The highest BCUT2D eigenvalue weighted by molar-refractivity contribution is 7.13. The summed E-state index contributed by atoms with van der Waals surface area (Å²) < 4.78 is 42.9. The van der Waals surface area contributed by atoms with E-state index in [9.17, 15) is 18.0 Å². The topological polar surface area (TPSA) is 51.2 Å². The van der Waals surface area contributed by atoms with Crippen molar-refractivity contribution in [1.82, 2.24) is 4.98 Å². The van der Waals surface area contributed by atoms with Gasteiger partial charge in [-0.25, -0.2) is 4.98 Å². The third-order valence-electron chi connectivity index (χ3n) is 2.51. The molecule has 0 saturated heterocycles. The summed E-state index contributed by atoms with van der Waals surface area (Å²) in [6.45, 7) is 1.45. The maximum absolute atomic E-state index is 12.6. The first-order valence-electron chi connectivity index (χ1n) is 5.90. The molecule has 0 fully saturated rings. The zero-order chi connectivity index (χ0) is 15.5. The number of nitrogens with zero attached hydrogens (tertiary/aromatic N) is 1. The Morgan fingerprint density at radius 3 is 2.81 bits per heavy atom. The Kier molecular flexibility index (Phi) is 4.46. The number of carbonyl (C=O) groups is 1. The van der Waals surface area contributed by atoms with E-state index in [1.54, 1.807) is 5.38 Å². The third-order valence-corrected chi connectivity index (χ3v) is 3.19. The Balaban J connectivity index is 2.02. The Hall–Kier alpha value is -2.09. The quantitative estimate of drug-likeness (QED) is 0.938. The first-order valence-corrected chi connectivity index (χ1v) is 6.78. The molecule has 0 radical (unpaired) electrons. The highest BCUT2D eigenvalue weighted by Crippen LogP contribution is 2.31. The molecule has 112 valence electrons. The van der Waals surface area contributed by atoms with Crippen LogP contribution in [0.25, 0.3) is 0 Å². The summed E-state index contributed by atoms with van der Waals surface area (Å²) in [6, 6.07) is 4.38. The van der Waals surface area contributed by atoms with Crippen LogP contribution in [-0.2, 0) is 11.0 Å². The fourth-order valence-electron chi connectivity index (χ4n) is 1.50. The molecule has 0 unspecified atom stereocenters. The maximum atomic E-state index is 12.6. The van der Waals surface area contributed by atoms with Gasteiger partial charge in [0, 0.05) is 11.6 Å². The molecule has 0 saturated carbocycles. The smallest absolute Gasteiger partial charge is 0.416 e. The summed E-state index contributed by atoms with van der Waals surface area (Å²) in [6.07, 6.45) is -3.87. The molecule has 1 aromatic heterocycles. The Labute approximate surface area is 122 Å². The number of halogens is 3. The molecule has 1 N–H and O–H groups in total. The Morgan fingerprint density at radius 1 is 1.43 bits per heavy atom. The van der Waals surface area contributed by atoms with E-state index in [0.717, 1.165) is 12.1 Å². The van der Waals surface area contributed by atoms with Crippen LogP contribution in [0.3, 0.4) is 0 Å². The lowest BCUT2D eigenvalue weighted by atomic mass is 10.2. The lowest BCUT2D eigenvalue weighted by Crippen LogP contribution is -2.30. The van der Waals surface area contributed by atoms with Crippen LogP contribution in [0.2, 0.25) is 0 Å². The minimum atomic E-state index is -4.45. The van der Waals surface area contributed by atoms with Gasteiger partial charge in [0.25, 0.3) is 5.91 Å². The predicted octanol–water partition coefficient (Wildman–Crippen LogP) is 3.57. The van der Waals surface area contributed by atoms with Crippen LogP contribution >= 0.6 is 11.3 Å². The standard InChI is InChI=1S/C13H11F3N2O2S/c1-8(11(19)18-12-17-5-6-21-12)20-10-4-2-3-9(7-10)13(14,15)16/h2-8H,1H3,(H,17,18,19)/t8-/m0/s1. The molecule has 8 heteroatoms. The van der Waals surface area contributed by atoms with Crippen molar-refractivity contribution >= 4 is 22.4 Å². The van der Waals surface area contributed by atoms with Gasteiger partial charge in [0.1, 0.15) is 5.75 Å². The summed E-state index contributed by atoms with van der Waals surface area (Å²) in [7, 11) is 0. The summed E-state index contributed by atoms with van der Waals surface area (Å²) in [4.78, 5) is 15.7. The summed E-state index contributed by atoms with van der Waals surface area (Å²) in [5, 5.41) is 4.60. The normalized spacial score (nSPS) is 12.8. The summed E-state index contributed by atoms with van der Waals surface area (Å²) >= 11 is 1.23. The molecule has 2 rings (SSSR count). The summed E-state index contributed by atoms with van der Waals surface area (Å²) in [5.41, 5.74) is -0.826. The molecule has 0 aliphatic rings. The highest BCUT2D eigenvalue weighted by atomic mass is 32.1. The van der Waals surface area contributed by atoms with E-state index < -0.39 is 23.8 Å². The molecule has 1 amide bonds. The second-order valence-electron chi connectivity index (χ2n) is 4.11. The Bertz CT molecular complexity index is 614. The molecule has 1 aromatic carbocycles. The minimum absolute atomic E-state index is 0.0217. The molecule has 0 aliphatic carbocycles. The van der Waals surface area contributed by atoms with E-state index >= 15 is 0 Å². The first-order chi connectivity index (χ1) is 9.86. The first kappa shape index (κ1) is 15.3. The fourth-order valence-corrected chi connectivity index (χ4v) is 2.03. The van der Waals surface area contributed by atoms with Gasteiger partial charge in [-0.3, -0.25) is 10.1 Å². The van der Waals surface area contributed by atoms with Crippen molar-refractivity contribution in [2.24, 2.45) is 0 Å². The van der Waals surface area contributed by atoms with Gasteiger partial charge in [0.15, 0.2) is 11.2 Å². The monoisotopic (exact) mass is 316 g/mol. The van der Waals surface area contributed by atoms with E-state index in [2.05, 4.69) is 10.3 Å². The molecule has 1 heterocycles. The largest absolute Gasteiger partial charge is 0.481 e. The summed E-state index contributed by atoms with van der Waals surface area (Å²) in [5.74, 6) is -0.506. The van der Waals surface area contributed by atoms with Gasteiger partial charge in [-0.05, 0) is 25.1 Å². The van der Waals surface area contributed by atoms with E-state index in [0.29, 0.717) is 5.13 Å². The number of aromatic nitrogens is 1. The molecule has 0 aliphatic heterocycles. The van der Waals surface area contributed by atoms with Gasteiger partial charge >= 0.3 is 6.18 Å². The van der Waals surface area contributed by atoms with Crippen LogP contribution in [0.5, 0.6) is 5.75 Å². The van der Waals surface area contributed by atoms with Crippen LogP contribution in [-0.4, -0.2) is 17.0 Å². The number of ether oxygens (including phenoxy) is 1. The number of hydrogen-bond donors (Lipinski definition) is 1. The van der Waals surface area contributed by atoms with Crippen LogP contribution in [0, 0.1) is 0 Å². The zero-order valence-electron chi connectivity index (χ0n) is 10.8. The molecule has 0 spiro atoms. The van der Waals surface area contributed by atoms with Gasteiger partial charge in [0.05, 0.1) is 5.56 Å². The highest BCUT2D eigenvalue weighted by Gasteiger charge is 2.30. The van der Waals surface area contributed by atoms with Crippen molar-refractivity contribution in [3.63, 3.8) is 0 Å². The number of benzene rings is 1. The average Bonchev–Trinajstić information content (AvgIpc) is 2.91. The van der Waals surface area contributed by atoms with Gasteiger partial charge in [0.2, 0.25) is 0 Å². The van der Waals surface area contributed by atoms with Crippen molar-refractivity contribution in [3.05, 3.63) is 41.4 Å². The number of alkyl halides is 3. The van der Waals surface area contributed by atoms with E-state index in [1.807, 2.05) is 0 Å². The minimum Gasteiger partial charge on any atom is -0.481 e. The van der Waals surface area contributed by atoms with Crippen molar-refractivity contribution < 1.29 is 22.7 Å². The van der Waals surface area contributed by atoms with Gasteiger partial charge < -0.3 is 4.74 Å². The van der Waals surface area contributed by atoms with Gasteiger partial charge in [-0.1, -0.05) is 6.07 Å². The maximum Gasteiger partial charge on any atom is 0.416 e. The molecular weight excluding hydrogens is 305 g/mol. The molecule has 1 atom stereocenters. The molecule has 21 heavy (non-hydrogen) atoms. The van der Waals surface area contributed by atoms with E-state index in [-0.39, 0.29) is 5.75 Å². The lowest BCUT2D eigenvalue weighted by molar-refractivity contribution is -0.137.